The first-order valence-corrected chi connectivity index (χ1v) is 6.19. The molecule has 102 valence electrons. The van der Waals surface area contributed by atoms with Crippen molar-refractivity contribution >= 4 is 29.6 Å². The van der Waals surface area contributed by atoms with Crippen molar-refractivity contribution in [2.24, 2.45) is 0 Å². The van der Waals surface area contributed by atoms with Gasteiger partial charge in [0.25, 0.3) is 0 Å². The Morgan fingerprint density at radius 1 is 1.30 bits per heavy atom. The largest absolute Gasteiger partial charge is 0.382 e. The second-order valence-electron chi connectivity index (χ2n) is 4.25. The molecule has 0 atom stereocenters. The average molecular weight is 291 g/mol. The smallest absolute Gasteiger partial charge is 0.328 e. The van der Waals surface area contributed by atoms with Gasteiger partial charge in [0, 0.05) is 0 Å². The summed E-state index contributed by atoms with van der Waals surface area (Å²) in [4.78, 5) is 22.5. The minimum absolute atomic E-state index is 0.162. The van der Waals surface area contributed by atoms with Crippen molar-refractivity contribution in [3.05, 3.63) is 46.1 Å². The number of H-pyrrole nitrogens is 1. The Morgan fingerprint density at radius 2 is 2.00 bits per heavy atom. The SMILES string of the molecule is Nc1nc(S)nc2c1[nH]c(=O)n2Cc1ccc(F)cc1. The molecule has 0 amide bonds. The van der Waals surface area contributed by atoms with Gasteiger partial charge in [-0.05, 0) is 17.7 Å². The molecule has 2 aromatic heterocycles. The van der Waals surface area contributed by atoms with E-state index in [1.54, 1.807) is 12.1 Å². The lowest BCUT2D eigenvalue weighted by molar-refractivity contribution is 0.626. The second kappa shape index (κ2) is 4.64. The standard InChI is InChI=1S/C12H10FN5OS/c13-7-3-1-6(2-4-7)5-18-10-8(15-12(18)19)9(14)16-11(20)17-10/h1-4H,5H2,(H,15,19)(H3,14,16,17,20). The topological polar surface area (TPSA) is 89.6 Å². The number of aromatic nitrogens is 4. The van der Waals surface area contributed by atoms with Crippen LogP contribution in [0.15, 0.2) is 34.2 Å². The van der Waals surface area contributed by atoms with Gasteiger partial charge in [0.2, 0.25) is 0 Å². The van der Waals surface area contributed by atoms with Crippen LogP contribution in [-0.2, 0) is 6.54 Å². The van der Waals surface area contributed by atoms with Crippen LogP contribution in [0.3, 0.4) is 0 Å². The summed E-state index contributed by atoms with van der Waals surface area (Å²) < 4.78 is 14.3. The van der Waals surface area contributed by atoms with Crippen LogP contribution in [0.1, 0.15) is 5.56 Å². The number of aromatic amines is 1. The Morgan fingerprint density at radius 3 is 2.70 bits per heavy atom. The number of benzene rings is 1. The van der Waals surface area contributed by atoms with Gasteiger partial charge in [0.05, 0.1) is 6.54 Å². The van der Waals surface area contributed by atoms with E-state index in [4.69, 9.17) is 5.73 Å². The molecule has 0 saturated carbocycles. The van der Waals surface area contributed by atoms with Crippen LogP contribution in [0.25, 0.3) is 11.2 Å². The van der Waals surface area contributed by atoms with Gasteiger partial charge in [0.15, 0.2) is 16.6 Å². The number of imidazole rings is 1. The van der Waals surface area contributed by atoms with Gasteiger partial charge in [-0.25, -0.2) is 19.2 Å². The summed E-state index contributed by atoms with van der Waals surface area (Å²) in [7, 11) is 0. The maximum absolute atomic E-state index is 12.9. The molecule has 0 radical (unpaired) electrons. The van der Waals surface area contributed by atoms with Crippen LogP contribution in [0.4, 0.5) is 10.2 Å². The third kappa shape index (κ3) is 2.14. The van der Waals surface area contributed by atoms with E-state index in [-0.39, 0.29) is 29.0 Å². The van der Waals surface area contributed by atoms with Crippen LogP contribution in [0, 0.1) is 5.82 Å². The van der Waals surface area contributed by atoms with E-state index < -0.39 is 0 Å². The first kappa shape index (κ1) is 12.7. The Hall–Kier alpha value is -2.35. The maximum Gasteiger partial charge on any atom is 0.328 e. The fourth-order valence-electron chi connectivity index (χ4n) is 1.96. The molecule has 8 heteroatoms. The Kier molecular flexibility index (Phi) is 2.94. The van der Waals surface area contributed by atoms with Crippen molar-refractivity contribution in [2.45, 2.75) is 11.7 Å². The minimum atomic E-state index is -0.357. The van der Waals surface area contributed by atoms with Crippen molar-refractivity contribution in [1.82, 2.24) is 19.5 Å². The number of fused-ring (bicyclic) bond motifs is 1. The van der Waals surface area contributed by atoms with Crippen LogP contribution in [0.5, 0.6) is 0 Å². The lowest BCUT2D eigenvalue weighted by Gasteiger charge is -2.04. The molecule has 0 bridgehead atoms. The summed E-state index contributed by atoms with van der Waals surface area (Å²) in [5.74, 6) is -0.167. The number of thiol groups is 1. The van der Waals surface area contributed by atoms with Gasteiger partial charge in [-0.2, -0.15) is 0 Å². The summed E-state index contributed by atoms with van der Waals surface area (Å²) in [6, 6.07) is 5.88. The lowest BCUT2D eigenvalue weighted by Crippen LogP contribution is -2.17. The van der Waals surface area contributed by atoms with Crippen LogP contribution < -0.4 is 11.4 Å². The summed E-state index contributed by atoms with van der Waals surface area (Å²) in [6.45, 7) is 0.253. The number of nitrogens with one attached hydrogen (secondary N) is 1. The van der Waals surface area contributed by atoms with Crippen LogP contribution in [-0.4, -0.2) is 19.5 Å². The van der Waals surface area contributed by atoms with Crippen molar-refractivity contribution in [2.75, 3.05) is 5.73 Å². The Balaban J connectivity index is 2.13. The molecule has 0 aliphatic heterocycles. The molecule has 3 rings (SSSR count). The van der Waals surface area contributed by atoms with E-state index >= 15 is 0 Å². The number of rotatable bonds is 2. The van der Waals surface area contributed by atoms with Gasteiger partial charge >= 0.3 is 5.69 Å². The number of hydrogen-bond acceptors (Lipinski definition) is 5. The molecular weight excluding hydrogens is 281 g/mol. The molecule has 3 N–H and O–H groups in total. The summed E-state index contributed by atoms with van der Waals surface area (Å²) in [6.07, 6.45) is 0. The third-order valence-corrected chi connectivity index (χ3v) is 3.09. The lowest BCUT2D eigenvalue weighted by atomic mass is 10.2. The summed E-state index contributed by atoms with van der Waals surface area (Å²) in [5, 5.41) is 0.182. The van der Waals surface area contributed by atoms with E-state index in [2.05, 4.69) is 27.6 Å². The first-order chi connectivity index (χ1) is 9.54. The molecule has 0 saturated heterocycles. The first-order valence-electron chi connectivity index (χ1n) is 5.74. The fraction of sp³-hybridized carbons (Fsp3) is 0.0833. The van der Waals surface area contributed by atoms with Crippen LogP contribution >= 0.6 is 12.6 Å². The third-order valence-electron chi connectivity index (χ3n) is 2.89. The van der Waals surface area contributed by atoms with Gasteiger partial charge < -0.3 is 10.7 Å². The van der Waals surface area contributed by atoms with Gasteiger partial charge in [0.1, 0.15) is 11.3 Å². The predicted octanol–water partition coefficient (Wildman–Crippen LogP) is 1.18. The highest BCUT2D eigenvalue weighted by Gasteiger charge is 2.13. The zero-order valence-corrected chi connectivity index (χ0v) is 11.1. The normalized spacial score (nSPS) is 11.1. The number of anilines is 1. The summed E-state index contributed by atoms with van der Waals surface area (Å²) >= 11 is 4.05. The van der Waals surface area contributed by atoms with E-state index in [0.717, 1.165) is 5.56 Å². The van der Waals surface area contributed by atoms with E-state index in [1.165, 1.54) is 16.7 Å². The molecule has 0 unspecified atom stereocenters. The second-order valence-corrected chi connectivity index (χ2v) is 4.65. The van der Waals surface area contributed by atoms with Crippen LogP contribution in [0.2, 0.25) is 0 Å². The number of halogens is 1. The highest BCUT2D eigenvalue weighted by atomic mass is 32.1. The molecule has 0 fully saturated rings. The molecule has 3 aromatic rings. The molecule has 6 nitrogen and oxygen atoms in total. The van der Waals surface area contributed by atoms with E-state index in [9.17, 15) is 9.18 Å². The van der Waals surface area contributed by atoms with Gasteiger partial charge in [-0.3, -0.25) is 4.57 Å². The molecule has 2 heterocycles. The molecule has 0 aliphatic rings. The highest BCUT2D eigenvalue weighted by molar-refractivity contribution is 7.80. The summed E-state index contributed by atoms with van der Waals surface area (Å²) in [5.41, 5.74) is 6.88. The molecule has 0 spiro atoms. The van der Waals surface area contributed by atoms with Crippen molar-refractivity contribution < 1.29 is 4.39 Å². The number of nitrogens with zero attached hydrogens (tertiary/aromatic N) is 3. The monoisotopic (exact) mass is 291 g/mol. The zero-order valence-electron chi connectivity index (χ0n) is 10.2. The fourth-order valence-corrected chi connectivity index (χ4v) is 2.16. The average Bonchev–Trinajstić information content (AvgIpc) is 2.70. The molecular formula is C12H10FN5OS. The van der Waals surface area contributed by atoms with Crippen molar-refractivity contribution in [3.63, 3.8) is 0 Å². The molecule has 0 aliphatic carbocycles. The molecule has 1 aromatic carbocycles. The quantitative estimate of drug-likeness (QED) is 0.488. The van der Waals surface area contributed by atoms with E-state index in [0.29, 0.717) is 11.2 Å². The highest BCUT2D eigenvalue weighted by Crippen LogP contribution is 2.16. The zero-order chi connectivity index (χ0) is 14.3. The maximum atomic E-state index is 12.9. The Labute approximate surface area is 117 Å². The number of nitrogen functional groups attached to an aromatic ring is 1. The minimum Gasteiger partial charge on any atom is -0.382 e. The van der Waals surface area contributed by atoms with Crippen molar-refractivity contribution in [3.8, 4) is 0 Å². The Bertz CT molecular complexity index is 839. The number of nitrogens with two attached hydrogens (primary N) is 1. The van der Waals surface area contributed by atoms with Gasteiger partial charge in [-0.1, -0.05) is 12.1 Å². The molecule has 20 heavy (non-hydrogen) atoms. The number of hydrogen-bond donors (Lipinski definition) is 3. The van der Waals surface area contributed by atoms with Gasteiger partial charge in [-0.15, -0.1) is 12.6 Å². The predicted molar refractivity (Wildman–Crippen MR) is 75.3 cm³/mol. The van der Waals surface area contributed by atoms with E-state index in [1.807, 2.05) is 0 Å². The van der Waals surface area contributed by atoms with Crippen molar-refractivity contribution in [1.29, 1.82) is 0 Å².